The van der Waals surface area contributed by atoms with E-state index in [2.05, 4.69) is 4.74 Å². The van der Waals surface area contributed by atoms with Gasteiger partial charge in [-0.1, -0.05) is 0 Å². The zero-order valence-corrected chi connectivity index (χ0v) is 11.9. The van der Waals surface area contributed by atoms with Crippen molar-refractivity contribution in [3.05, 3.63) is 0 Å². The number of likely N-dealkylation sites (N-methyl/N-ethyl adjacent to an activating group) is 1. The Morgan fingerprint density at radius 2 is 1.89 bits per heavy atom. The average Bonchev–Trinajstić information content (AvgIpc) is 2.26. The first-order valence-electron chi connectivity index (χ1n) is 5.96. The highest BCUT2D eigenvalue weighted by molar-refractivity contribution is 5.81. The number of hydrogen-bond donors (Lipinski definition) is 1. The molecule has 0 radical (unpaired) electrons. The molecule has 2 N–H and O–H groups in total. The Balaban J connectivity index is 4.68. The molecule has 0 saturated carbocycles. The van der Waals surface area contributed by atoms with Gasteiger partial charge < -0.3 is 15.2 Å². The zero-order chi connectivity index (χ0) is 14.3. The first kappa shape index (κ1) is 16.7. The number of carbonyl (C=O) groups is 2. The molecule has 6 nitrogen and oxygen atoms in total. The second-order valence-corrected chi connectivity index (χ2v) is 5.06. The molecule has 0 aromatic carbocycles. The fourth-order valence-corrected chi connectivity index (χ4v) is 1.38. The third-order valence-electron chi connectivity index (χ3n) is 2.30. The molecular weight excluding hydrogens is 236 g/mol. The lowest BCUT2D eigenvalue weighted by Crippen LogP contribution is -2.45. The molecule has 106 valence electrons. The SMILES string of the molecule is COC(=O)[C@H](CCCN)N(C)C(=O)OC(C)(C)C. The quantitative estimate of drug-likeness (QED) is 0.749. The van der Waals surface area contributed by atoms with Gasteiger partial charge in [0.15, 0.2) is 0 Å². The number of esters is 1. The summed E-state index contributed by atoms with van der Waals surface area (Å²) in [5.74, 6) is -0.461. The number of hydrogen-bond acceptors (Lipinski definition) is 5. The van der Waals surface area contributed by atoms with Crippen LogP contribution in [0.1, 0.15) is 33.6 Å². The molecule has 0 unspecified atom stereocenters. The van der Waals surface area contributed by atoms with E-state index < -0.39 is 23.7 Å². The van der Waals surface area contributed by atoms with Gasteiger partial charge in [-0.15, -0.1) is 0 Å². The van der Waals surface area contributed by atoms with Gasteiger partial charge >= 0.3 is 12.1 Å². The van der Waals surface area contributed by atoms with Crippen LogP contribution in [0.5, 0.6) is 0 Å². The molecule has 0 aliphatic carbocycles. The first-order valence-corrected chi connectivity index (χ1v) is 5.96. The van der Waals surface area contributed by atoms with E-state index in [-0.39, 0.29) is 0 Å². The summed E-state index contributed by atoms with van der Waals surface area (Å²) >= 11 is 0. The largest absolute Gasteiger partial charge is 0.467 e. The minimum Gasteiger partial charge on any atom is -0.467 e. The third kappa shape index (κ3) is 5.86. The van der Waals surface area contributed by atoms with Crippen LogP contribution in [0, 0.1) is 0 Å². The number of ether oxygens (including phenoxy) is 2. The summed E-state index contributed by atoms with van der Waals surface area (Å²) < 4.78 is 9.88. The topological polar surface area (TPSA) is 81.9 Å². The van der Waals surface area contributed by atoms with Crippen LogP contribution in [-0.2, 0) is 14.3 Å². The highest BCUT2D eigenvalue weighted by Gasteiger charge is 2.30. The Bertz CT molecular complexity index is 286. The molecule has 0 aromatic heterocycles. The van der Waals surface area contributed by atoms with E-state index in [0.717, 1.165) is 0 Å². The van der Waals surface area contributed by atoms with Crippen LogP contribution in [0.25, 0.3) is 0 Å². The maximum absolute atomic E-state index is 11.8. The van der Waals surface area contributed by atoms with E-state index in [1.165, 1.54) is 19.1 Å². The number of amides is 1. The molecular formula is C12H24N2O4. The summed E-state index contributed by atoms with van der Waals surface area (Å²) in [6.45, 7) is 5.76. The number of methoxy groups -OCH3 is 1. The summed E-state index contributed by atoms with van der Waals surface area (Å²) in [4.78, 5) is 24.7. The van der Waals surface area contributed by atoms with Crippen LogP contribution in [0.2, 0.25) is 0 Å². The van der Waals surface area contributed by atoms with Gasteiger partial charge in [0, 0.05) is 7.05 Å². The predicted molar refractivity (Wildman–Crippen MR) is 68.1 cm³/mol. The standard InChI is InChI=1S/C12H24N2O4/c1-12(2,3)18-11(16)14(4)9(7-6-8-13)10(15)17-5/h9H,6-8,13H2,1-5H3/t9-/m0/s1. The second-order valence-electron chi connectivity index (χ2n) is 5.06. The van der Waals surface area contributed by atoms with Crippen LogP contribution in [-0.4, -0.2) is 49.3 Å². The van der Waals surface area contributed by atoms with Gasteiger partial charge in [0.25, 0.3) is 0 Å². The van der Waals surface area contributed by atoms with Crippen molar-refractivity contribution in [2.75, 3.05) is 20.7 Å². The molecule has 1 amide bonds. The van der Waals surface area contributed by atoms with E-state index in [9.17, 15) is 9.59 Å². The molecule has 0 heterocycles. The van der Waals surface area contributed by atoms with Crippen molar-refractivity contribution in [2.45, 2.75) is 45.3 Å². The van der Waals surface area contributed by atoms with Gasteiger partial charge in [0.2, 0.25) is 0 Å². The molecule has 0 saturated heterocycles. The molecule has 0 rings (SSSR count). The molecule has 0 spiro atoms. The van der Waals surface area contributed by atoms with Crippen molar-refractivity contribution in [1.29, 1.82) is 0 Å². The predicted octanol–water partition coefficient (Wildman–Crippen LogP) is 1.13. The lowest BCUT2D eigenvalue weighted by Gasteiger charge is -2.29. The van der Waals surface area contributed by atoms with Gasteiger partial charge in [-0.2, -0.15) is 0 Å². The second kappa shape index (κ2) is 7.20. The van der Waals surface area contributed by atoms with Crippen molar-refractivity contribution in [3.63, 3.8) is 0 Å². The van der Waals surface area contributed by atoms with Gasteiger partial charge in [-0.05, 0) is 40.2 Å². The molecule has 0 aliphatic heterocycles. The summed E-state index contributed by atoms with van der Waals surface area (Å²) in [7, 11) is 2.81. The number of carbonyl (C=O) groups excluding carboxylic acids is 2. The van der Waals surface area contributed by atoms with E-state index in [1.54, 1.807) is 20.8 Å². The normalized spacial score (nSPS) is 12.8. The lowest BCUT2D eigenvalue weighted by atomic mass is 10.1. The molecule has 0 fully saturated rings. The molecule has 0 aliphatic rings. The van der Waals surface area contributed by atoms with Gasteiger partial charge in [-0.25, -0.2) is 9.59 Å². The first-order chi connectivity index (χ1) is 8.22. The highest BCUT2D eigenvalue weighted by atomic mass is 16.6. The van der Waals surface area contributed by atoms with Crippen molar-refractivity contribution >= 4 is 12.1 Å². The summed E-state index contributed by atoms with van der Waals surface area (Å²) in [5, 5.41) is 0. The van der Waals surface area contributed by atoms with Gasteiger partial charge in [0.1, 0.15) is 11.6 Å². The van der Waals surface area contributed by atoms with E-state index in [4.69, 9.17) is 10.5 Å². The Hall–Kier alpha value is -1.30. The number of nitrogens with two attached hydrogens (primary N) is 1. The van der Waals surface area contributed by atoms with Crippen LogP contribution < -0.4 is 5.73 Å². The number of rotatable bonds is 5. The highest BCUT2D eigenvalue weighted by Crippen LogP contribution is 2.13. The maximum Gasteiger partial charge on any atom is 0.410 e. The molecule has 0 aromatic rings. The average molecular weight is 260 g/mol. The monoisotopic (exact) mass is 260 g/mol. The van der Waals surface area contributed by atoms with Crippen LogP contribution in [0.15, 0.2) is 0 Å². The van der Waals surface area contributed by atoms with Crippen molar-refractivity contribution in [2.24, 2.45) is 5.73 Å². The summed E-state index contributed by atoms with van der Waals surface area (Å²) in [6.07, 6.45) is 0.543. The summed E-state index contributed by atoms with van der Waals surface area (Å²) in [6, 6.07) is -0.659. The lowest BCUT2D eigenvalue weighted by molar-refractivity contribution is -0.146. The maximum atomic E-state index is 11.8. The van der Waals surface area contributed by atoms with E-state index >= 15 is 0 Å². The number of nitrogens with zero attached hydrogens (tertiary/aromatic N) is 1. The third-order valence-corrected chi connectivity index (χ3v) is 2.30. The molecule has 0 bridgehead atoms. The Kier molecular flexibility index (Phi) is 6.68. The Labute approximate surface area is 108 Å². The minimum atomic E-state index is -0.659. The molecule has 6 heteroatoms. The fraction of sp³-hybridized carbons (Fsp3) is 0.833. The zero-order valence-electron chi connectivity index (χ0n) is 11.9. The van der Waals surface area contributed by atoms with Gasteiger partial charge in [0.05, 0.1) is 7.11 Å². The fourth-order valence-electron chi connectivity index (χ4n) is 1.38. The van der Waals surface area contributed by atoms with Gasteiger partial charge in [-0.3, -0.25) is 4.90 Å². The summed E-state index contributed by atoms with van der Waals surface area (Å²) in [5.41, 5.74) is 4.81. The minimum absolute atomic E-state index is 0.454. The van der Waals surface area contributed by atoms with Crippen molar-refractivity contribution in [3.8, 4) is 0 Å². The van der Waals surface area contributed by atoms with Crippen LogP contribution in [0.4, 0.5) is 4.79 Å². The van der Waals surface area contributed by atoms with E-state index in [0.29, 0.717) is 19.4 Å². The smallest absolute Gasteiger partial charge is 0.410 e. The van der Waals surface area contributed by atoms with Crippen LogP contribution in [0.3, 0.4) is 0 Å². The van der Waals surface area contributed by atoms with Crippen LogP contribution >= 0.6 is 0 Å². The Morgan fingerprint density at radius 3 is 2.28 bits per heavy atom. The Morgan fingerprint density at radius 1 is 1.33 bits per heavy atom. The van der Waals surface area contributed by atoms with Crippen molar-refractivity contribution < 1.29 is 19.1 Å². The molecule has 1 atom stereocenters. The molecule has 18 heavy (non-hydrogen) atoms. The van der Waals surface area contributed by atoms with E-state index in [1.807, 2.05) is 0 Å². The van der Waals surface area contributed by atoms with Crippen molar-refractivity contribution in [1.82, 2.24) is 4.90 Å².